The molecule has 1 fully saturated rings. The predicted octanol–water partition coefficient (Wildman–Crippen LogP) is 1.12. The first-order valence-electron chi connectivity index (χ1n) is 11.4. The van der Waals surface area contributed by atoms with E-state index in [0.29, 0.717) is 5.56 Å². The van der Waals surface area contributed by atoms with Gasteiger partial charge < -0.3 is 30.9 Å². The molecular formula is C25H25NO10. The number of carbonyl (C=O) groups excluding carboxylic acids is 5. The van der Waals surface area contributed by atoms with E-state index < -0.39 is 87.6 Å². The molecule has 1 amide bonds. The SMILES string of the molecule is CCC(=O)O[C@H]1[C@@H]2C(=O)c3c(C(C)C)ccc(O)c3C(O)=C2C(=O)[C@]2(O)C(O)=C(C(N)=O)C(=O)C[C@H]12. The Kier molecular flexibility index (Phi) is 5.79. The third-order valence-electron chi connectivity index (χ3n) is 7.11. The lowest BCUT2D eigenvalue weighted by molar-refractivity contribution is -0.175. The summed E-state index contributed by atoms with van der Waals surface area (Å²) in [4.78, 5) is 64.5. The Bertz CT molecular complexity index is 1320. The molecule has 4 atom stereocenters. The largest absolute Gasteiger partial charge is 0.508 e. The molecule has 0 aromatic heterocycles. The van der Waals surface area contributed by atoms with Crippen molar-refractivity contribution in [1.82, 2.24) is 0 Å². The third kappa shape index (κ3) is 3.19. The number of amides is 1. The lowest BCUT2D eigenvalue weighted by atomic mass is 9.57. The van der Waals surface area contributed by atoms with Crippen LogP contribution in [0.1, 0.15) is 61.0 Å². The number of benzene rings is 1. The van der Waals surface area contributed by atoms with Crippen molar-refractivity contribution >= 4 is 35.0 Å². The molecule has 6 N–H and O–H groups in total. The number of aromatic hydroxyl groups is 1. The van der Waals surface area contributed by atoms with Crippen molar-refractivity contribution in [3.63, 3.8) is 0 Å². The highest BCUT2D eigenvalue weighted by molar-refractivity contribution is 6.25. The quantitative estimate of drug-likeness (QED) is 0.295. The Morgan fingerprint density at radius 1 is 1.14 bits per heavy atom. The highest BCUT2D eigenvalue weighted by atomic mass is 16.5. The number of hydrogen-bond acceptors (Lipinski definition) is 10. The monoisotopic (exact) mass is 499 g/mol. The lowest BCUT2D eigenvalue weighted by Gasteiger charge is -2.49. The zero-order valence-corrected chi connectivity index (χ0v) is 19.7. The van der Waals surface area contributed by atoms with Gasteiger partial charge in [-0.05, 0) is 17.5 Å². The van der Waals surface area contributed by atoms with Crippen LogP contribution in [-0.2, 0) is 23.9 Å². The normalized spacial score (nSPS) is 27.6. The van der Waals surface area contributed by atoms with Crippen LogP contribution in [0.4, 0.5) is 0 Å². The second kappa shape index (κ2) is 8.30. The second-order valence-corrected chi connectivity index (χ2v) is 9.41. The van der Waals surface area contributed by atoms with E-state index in [1.165, 1.54) is 19.1 Å². The number of ketones is 3. The van der Waals surface area contributed by atoms with E-state index >= 15 is 0 Å². The number of phenolic OH excluding ortho intramolecular Hbond substituents is 1. The summed E-state index contributed by atoms with van der Waals surface area (Å²) in [5.74, 6) is -11.7. The topological polar surface area (TPSA) is 202 Å². The zero-order valence-electron chi connectivity index (χ0n) is 19.7. The maximum absolute atomic E-state index is 13.9. The van der Waals surface area contributed by atoms with Gasteiger partial charge in [0.2, 0.25) is 5.78 Å². The Hall–Kier alpha value is -3.99. The summed E-state index contributed by atoms with van der Waals surface area (Å²) in [7, 11) is 0. The van der Waals surface area contributed by atoms with Gasteiger partial charge in [0.1, 0.15) is 28.9 Å². The van der Waals surface area contributed by atoms with Crippen molar-refractivity contribution in [2.75, 3.05) is 0 Å². The van der Waals surface area contributed by atoms with Gasteiger partial charge in [0.15, 0.2) is 17.2 Å². The average Bonchev–Trinajstić information content (AvgIpc) is 2.80. The minimum Gasteiger partial charge on any atom is -0.508 e. The first-order chi connectivity index (χ1) is 16.8. The standard InChI is InChI=1S/C25H25NO10/c1-4-13(29)36-21-10-7-12(28)16(24(26)34)22(32)25(10,35)23(33)18-17(21)19(30)14-9(8(2)3)5-6-11(27)15(14)20(18)31/h5-6,8,10,17,21,27,31-32,35H,4,7H2,1-3H3,(H2,26,34)/t10-,17+,21-,25-/m1/s1. The van der Waals surface area contributed by atoms with Crippen LogP contribution in [0.3, 0.4) is 0 Å². The molecule has 0 unspecified atom stereocenters. The number of Topliss-reactive ketones (excluding diaryl/α,β-unsaturated/α-hetero) is 3. The Morgan fingerprint density at radius 2 is 1.78 bits per heavy atom. The van der Waals surface area contributed by atoms with Gasteiger partial charge in [0.25, 0.3) is 5.91 Å². The fourth-order valence-electron chi connectivity index (χ4n) is 5.38. The van der Waals surface area contributed by atoms with Gasteiger partial charge in [0.05, 0.1) is 17.1 Å². The van der Waals surface area contributed by atoms with Crippen LogP contribution in [0.2, 0.25) is 0 Å². The number of fused-ring (bicyclic) bond motifs is 3. The number of aliphatic hydroxyl groups excluding tert-OH is 2. The second-order valence-electron chi connectivity index (χ2n) is 9.41. The smallest absolute Gasteiger partial charge is 0.305 e. The first kappa shape index (κ1) is 25.1. The predicted molar refractivity (Wildman–Crippen MR) is 122 cm³/mol. The molecule has 0 aliphatic heterocycles. The van der Waals surface area contributed by atoms with Crippen LogP contribution in [0.15, 0.2) is 29.0 Å². The minimum absolute atomic E-state index is 0.0910. The highest BCUT2D eigenvalue weighted by Gasteiger charge is 2.67. The van der Waals surface area contributed by atoms with E-state index in [4.69, 9.17) is 10.5 Å². The van der Waals surface area contributed by atoms with Crippen LogP contribution in [-0.4, -0.2) is 61.4 Å². The molecule has 36 heavy (non-hydrogen) atoms. The van der Waals surface area contributed by atoms with E-state index in [1.54, 1.807) is 13.8 Å². The fourth-order valence-corrected chi connectivity index (χ4v) is 5.38. The molecule has 0 bridgehead atoms. The van der Waals surface area contributed by atoms with Crippen molar-refractivity contribution in [3.8, 4) is 5.75 Å². The van der Waals surface area contributed by atoms with Crippen molar-refractivity contribution < 1.29 is 49.1 Å². The molecule has 11 heteroatoms. The molecular weight excluding hydrogens is 474 g/mol. The number of carbonyl (C=O) groups is 5. The van der Waals surface area contributed by atoms with E-state index in [1.807, 2.05) is 0 Å². The van der Waals surface area contributed by atoms with Crippen LogP contribution in [0.25, 0.3) is 5.76 Å². The number of nitrogens with two attached hydrogens (primary N) is 1. The Morgan fingerprint density at radius 3 is 2.33 bits per heavy atom. The summed E-state index contributed by atoms with van der Waals surface area (Å²) in [6, 6.07) is 2.72. The van der Waals surface area contributed by atoms with Crippen LogP contribution in [0.5, 0.6) is 5.75 Å². The number of ether oxygens (including phenoxy) is 1. The number of aliphatic hydroxyl groups is 3. The third-order valence-corrected chi connectivity index (χ3v) is 7.11. The number of rotatable bonds is 4. The number of hydrogen-bond donors (Lipinski definition) is 5. The van der Waals surface area contributed by atoms with Crippen molar-refractivity contribution in [3.05, 3.63) is 45.7 Å². The van der Waals surface area contributed by atoms with Crippen molar-refractivity contribution in [2.24, 2.45) is 17.6 Å². The van der Waals surface area contributed by atoms with E-state index in [2.05, 4.69) is 0 Å². The highest BCUT2D eigenvalue weighted by Crippen LogP contribution is 2.53. The molecule has 0 saturated heterocycles. The molecule has 0 spiro atoms. The molecule has 4 rings (SSSR count). The molecule has 0 radical (unpaired) electrons. The molecule has 190 valence electrons. The molecule has 0 heterocycles. The van der Waals surface area contributed by atoms with Crippen molar-refractivity contribution in [2.45, 2.75) is 51.2 Å². The molecule has 11 nitrogen and oxygen atoms in total. The van der Waals surface area contributed by atoms with E-state index in [-0.39, 0.29) is 23.5 Å². The maximum atomic E-state index is 13.9. The van der Waals surface area contributed by atoms with Gasteiger partial charge in [-0.2, -0.15) is 0 Å². The van der Waals surface area contributed by atoms with Gasteiger partial charge in [-0.15, -0.1) is 0 Å². The fraction of sp³-hybridized carbons (Fsp3) is 0.400. The number of esters is 1. The van der Waals surface area contributed by atoms with Gasteiger partial charge in [0, 0.05) is 24.3 Å². The van der Waals surface area contributed by atoms with E-state index in [9.17, 15) is 44.4 Å². The molecule has 1 saturated carbocycles. The van der Waals surface area contributed by atoms with Crippen LogP contribution < -0.4 is 5.73 Å². The Balaban J connectivity index is 2.09. The average molecular weight is 499 g/mol. The van der Waals surface area contributed by atoms with Gasteiger partial charge in [-0.1, -0.05) is 26.8 Å². The molecule has 1 aromatic carbocycles. The summed E-state index contributed by atoms with van der Waals surface area (Å²) in [5, 5.41) is 44.0. The summed E-state index contributed by atoms with van der Waals surface area (Å²) in [5.41, 5.74) is 0.442. The Labute approximate surface area is 204 Å². The zero-order chi connectivity index (χ0) is 26.9. The number of phenols is 1. The lowest BCUT2D eigenvalue weighted by Crippen LogP contribution is -2.65. The van der Waals surface area contributed by atoms with Crippen LogP contribution >= 0.6 is 0 Å². The van der Waals surface area contributed by atoms with E-state index in [0.717, 1.165) is 0 Å². The van der Waals surface area contributed by atoms with Gasteiger partial charge in [-0.3, -0.25) is 24.0 Å². The van der Waals surface area contributed by atoms with Crippen LogP contribution in [0, 0.1) is 11.8 Å². The summed E-state index contributed by atoms with van der Waals surface area (Å²) >= 11 is 0. The molecule has 3 aliphatic carbocycles. The summed E-state index contributed by atoms with van der Waals surface area (Å²) in [6.45, 7) is 4.99. The summed E-state index contributed by atoms with van der Waals surface area (Å²) < 4.78 is 5.47. The first-order valence-corrected chi connectivity index (χ1v) is 11.4. The minimum atomic E-state index is -3.01. The van der Waals surface area contributed by atoms with Gasteiger partial charge >= 0.3 is 5.97 Å². The molecule has 3 aliphatic rings. The van der Waals surface area contributed by atoms with Gasteiger partial charge in [-0.25, -0.2) is 0 Å². The number of primary amides is 1. The molecule has 1 aromatic rings. The maximum Gasteiger partial charge on any atom is 0.305 e. The van der Waals surface area contributed by atoms with Crippen molar-refractivity contribution in [1.29, 1.82) is 0 Å². The summed E-state index contributed by atoms with van der Waals surface area (Å²) in [6.07, 6.45) is -2.60.